The minimum atomic E-state index is -0.299. The van der Waals surface area contributed by atoms with Gasteiger partial charge in [0.15, 0.2) is 5.69 Å². The van der Waals surface area contributed by atoms with Gasteiger partial charge in [-0.1, -0.05) is 31.4 Å². The molecule has 1 aromatic carbocycles. The molecular formula is C16H19ClN4O. The molecule has 0 radical (unpaired) electrons. The van der Waals surface area contributed by atoms with Gasteiger partial charge in [-0.25, -0.2) is 0 Å². The molecule has 1 heterocycles. The lowest BCUT2D eigenvalue weighted by molar-refractivity contribution is 0.102. The summed E-state index contributed by atoms with van der Waals surface area (Å²) in [5.74, 6) is 0.381. The number of nitrogens with one attached hydrogen (secondary N) is 2. The van der Waals surface area contributed by atoms with Crippen LogP contribution >= 0.6 is 11.6 Å². The van der Waals surface area contributed by atoms with Gasteiger partial charge >= 0.3 is 0 Å². The van der Waals surface area contributed by atoms with Crippen LogP contribution in [0.5, 0.6) is 0 Å². The van der Waals surface area contributed by atoms with Crippen molar-refractivity contribution in [2.24, 2.45) is 0 Å². The zero-order valence-corrected chi connectivity index (χ0v) is 13.2. The van der Waals surface area contributed by atoms with Crippen LogP contribution in [0.15, 0.2) is 36.4 Å². The predicted molar refractivity (Wildman–Crippen MR) is 89.5 cm³/mol. The molecule has 2 N–H and O–H groups in total. The number of nitrogens with zero attached hydrogens (tertiary/aromatic N) is 2. The van der Waals surface area contributed by atoms with E-state index in [-0.39, 0.29) is 11.6 Å². The molecule has 0 saturated carbocycles. The summed E-state index contributed by atoms with van der Waals surface area (Å²) in [6.07, 6.45) is 3.45. The van der Waals surface area contributed by atoms with Crippen molar-refractivity contribution in [1.82, 2.24) is 10.2 Å². The topological polar surface area (TPSA) is 66.9 Å². The number of benzene rings is 1. The van der Waals surface area contributed by atoms with Gasteiger partial charge in [0.2, 0.25) is 0 Å². The Labute approximate surface area is 135 Å². The maximum absolute atomic E-state index is 12.0. The van der Waals surface area contributed by atoms with Gasteiger partial charge in [0.25, 0.3) is 5.91 Å². The number of hydrogen-bond acceptors (Lipinski definition) is 4. The van der Waals surface area contributed by atoms with Crippen LogP contribution in [0.2, 0.25) is 5.02 Å². The van der Waals surface area contributed by atoms with Gasteiger partial charge in [0.1, 0.15) is 5.82 Å². The number of amides is 1. The van der Waals surface area contributed by atoms with E-state index in [0.717, 1.165) is 13.0 Å². The second-order valence-electron chi connectivity index (χ2n) is 4.90. The van der Waals surface area contributed by atoms with Crippen LogP contribution in [0.4, 0.5) is 11.5 Å². The molecular weight excluding hydrogens is 300 g/mol. The fourth-order valence-electron chi connectivity index (χ4n) is 1.87. The van der Waals surface area contributed by atoms with Crippen LogP contribution in [-0.2, 0) is 0 Å². The lowest BCUT2D eigenvalue weighted by atomic mass is 10.2. The molecule has 0 aliphatic rings. The summed E-state index contributed by atoms with van der Waals surface area (Å²) in [7, 11) is 0. The summed E-state index contributed by atoms with van der Waals surface area (Å²) in [5, 5.41) is 14.5. The third-order valence-corrected chi connectivity index (χ3v) is 3.34. The lowest BCUT2D eigenvalue weighted by Gasteiger charge is -2.06. The molecule has 0 aliphatic carbocycles. The zero-order chi connectivity index (χ0) is 15.8. The maximum atomic E-state index is 12.0. The molecule has 0 atom stereocenters. The van der Waals surface area contributed by atoms with Crippen LogP contribution in [0, 0.1) is 0 Å². The summed E-state index contributed by atoms with van der Waals surface area (Å²) in [5.41, 5.74) is 0.937. The van der Waals surface area contributed by atoms with Crippen molar-refractivity contribution in [3.63, 3.8) is 0 Å². The molecule has 0 fully saturated rings. The van der Waals surface area contributed by atoms with E-state index in [1.807, 2.05) is 0 Å². The van der Waals surface area contributed by atoms with Gasteiger partial charge in [-0.15, -0.1) is 10.2 Å². The number of halogens is 1. The molecule has 116 valence electrons. The van der Waals surface area contributed by atoms with Gasteiger partial charge in [-0.3, -0.25) is 4.79 Å². The van der Waals surface area contributed by atoms with E-state index >= 15 is 0 Å². The lowest BCUT2D eigenvalue weighted by Crippen LogP contribution is -2.15. The summed E-state index contributed by atoms with van der Waals surface area (Å²) in [6, 6.07) is 10.3. The van der Waals surface area contributed by atoms with Gasteiger partial charge in [-0.2, -0.15) is 0 Å². The van der Waals surface area contributed by atoms with Crippen molar-refractivity contribution in [1.29, 1.82) is 0 Å². The molecule has 6 heteroatoms. The molecule has 0 spiro atoms. The largest absolute Gasteiger partial charge is 0.369 e. The van der Waals surface area contributed by atoms with E-state index < -0.39 is 0 Å². The first-order chi connectivity index (χ1) is 10.7. The number of hydrogen-bond donors (Lipinski definition) is 2. The normalized spacial score (nSPS) is 10.3. The fourth-order valence-corrected chi connectivity index (χ4v) is 1.99. The first kappa shape index (κ1) is 16.2. The SMILES string of the molecule is CCCCCNc1ccc(C(=O)Nc2ccc(Cl)cc2)nn1. The van der Waals surface area contributed by atoms with Gasteiger partial charge in [-0.05, 0) is 42.8 Å². The van der Waals surface area contributed by atoms with E-state index in [0.29, 0.717) is 16.5 Å². The molecule has 0 unspecified atom stereocenters. The number of anilines is 2. The molecule has 0 bridgehead atoms. The van der Waals surface area contributed by atoms with Crippen molar-refractivity contribution >= 4 is 29.0 Å². The minimum Gasteiger partial charge on any atom is -0.369 e. The van der Waals surface area contributed by atoms with E-state index in [9.17, 15) is 4.79 Å². The second kappa shape index (κ2) is 8.34. The Kier molecular flexibility index (Phi) is 6.15. The van der Waals surface area contributed by atoms with E-state index in [1.165, 1.54) is 12.8 Å². The Hall–Kier alpha value is -2.14. The molecule has 2 aromatic rings. The number of carbonyl (C=O) groups is 1. The van der Waals surface area contributed by atoms with Crippen LogP contribution in [-0.4, -0.2) is 22.6 Å². The quantitative estimate of drug-likeness (QED) is 0.758. The van der Waals surface area contributed by atoms with Gasteiger partial charge in [0, 0.05) is 17.3 Å². The summed E-state index contributed by atoms with van der Waals surface area (Å²) in [6.45, 7) is 3.02. The number of unbranched alkanes of at least 4 members (excludes halogenated alkanes) is 2. The molecule has 2 rings (SSSR count). The summed E-state index contributed by atoms with van der Waals surface area (Å²) < 4.78 is 0. The Balaban J connectivity index is 1.89. The maximum Gasteiger partial charge on any atom is 0.276 e. The summed E-state index contributed by atoms with van der Waals surface area (Å²) in [4.78, 5) is 12.0. The Morgan fingerprint density at radius 3 is 2.50 bits per heavy atom. The molecule has 22 heavy (non-hydrogen) atoms. The Bertz CT molecular complexity index is 599. The predicted octanol–water partition coefficient (Wildman–Crippen LogP) is 3.98. The summed E-state index contributed by atoms with van der Waals surface area (Å²) >= 11 is 5.80. The Morgan fingerprint density at radius 1 is 1.09 bits per heavy atom. The molecule has 1 aromatic heterocycles. The van der Waals surface area contributed by atoms with Crippen molar-refractivity contribution < 1.29 is 4.79 Å². The van der Waals surface area contributed by atoms with E-state index in [1.54, 1.807) is 36.4 Å². The minimum absolute atomic E-state index is 0.272. The molecule has 0 saturated heterocycles. The molecule has 0 aliphatic heterocycles. The standard InChI is InChI=1S/C16H19ClN4O/c1-2-3-4-11-18-15-10-9-14(20-21-15)16(22)19-13-7-5-12(17)6-8-13/h5-10H,2-4,11H2,1H3,(H,18,21)(H,19,22). The van der Waals surface area contributed by atoms with Gasteiger partial charge < -0.3 is 10.6 Å². The zero-order valence-electron chi connectivity index (χ0n) is 12.5. The number of aromatic nitrogens is 2. The van der Waals surface area contributed by atoms with E-state index in [4.69, 9.17) is 11.6 Å². The van der Waals surface area contributed by atoms with Crippen molar-refractivity contribution in [2.75, 3.05) is 17.2 Å². The highest BCUT2D eigenvalue weighted by atomic mass is 35.5. The fraction of sp³-hybridized carbons (Fsp3) is 0.312. The highest BCUT2D eigenvalue weighted by Crippen LogP contribution is 2.14. The van der Waals surface area contributed by atoms with E-state index in [2.05, 4.69) is 27.8 Å². The third kappa shape index (κ3) is 5.00. The van der Waals surface area contributed by atoms with Gasteiger partial charge in [0.05, 0.1) is 0 Å². The van der Waals surface area contributed by atoms with Crippen molar-refractivity contribution in [2.45, 2.75) is 26.2 Å². The molecule has 5 nitrogen and oxygen atoms in total. The monoisotopic (exact) mass is 318 g/mol. The second-order valence-corrected chi connectivity index (χ2v) is 5.34. The smallest absolute Gasteiger partial charge is 0.276 e. The van der Waals surface area contributed by atoms with Crippen molar-refractivity contribution in [3.05, 3.63) is 47.1 Å². The average Bonchev–Trinajstić information content (AvgIpc) is 2.54. The van der Waals surface area contributed by atoms with Crippen molar-refractivity contribution in [3.8, 4) is 0 Å². The first-order valence-corrected chi connectivity index (χ1v) is 7.71. The molecule has 1 amide bonds. The number of rotatable bonds is 7. The average molecular weight is 319 g/mol. The van der Waals surface area contributed by atoms with Crippen LogP contribution in [0.25, 0.3) is 0 Å². The highest BCUT2D eigenvalue weighted by Gasteiger charge is 2.08. The third-order valence-electron chi connectivity index (χ3n) is 3.09. The van der Waals surface area contributed by atoms with Crippen LogP contribution < -0.4 is 10.6 Å². The Morgan fingerprint density at radius 2 is 1.86 bits per heavy atom. The highest BCUT2D eigenvalue weighted by molar-refractivity contribution is 6.30. The first-order valence-electron chi connectivity index (χ1n) is 7.33. The van der Waals surface area contributed by atoms with Crippen LogP contribution in [0.3, 0.4) is 0 Å². The number of carbonyl (C=O) groups excluding carboxylic acids is 1. The van der Waals surface area contributed by atoms with Crippen LogP contribution in [0.1, 0.15) is 36.7 Å².